The molecule has 10 heteroatoms. The van der Waals surface area contributed by atoms with E-state index in [0.717, 1.165) is 0 Å². The smallest absolute Gasteiger partial charge is 0.468 e. The number of allylic oxidation sites excluding steroid dienone is 1. The van der Waals surface area contributed by atoms with Crippen molar-refractivity contribution < 1.29 is 33.5 Å². The van der Waals surface area contributed by atoms with E-state index in [1.54, 1.807) is 13.0 Å². The van der Waals surface area contributed by atoms with E-state index in [1.165, 1.54) is 31.4 Å². The number of methoxy groups -OCH3 is 1. The maximum Gasteiger partial charge on any atom is 0.514 e. The first kappa shape index (κ1) is 22.9. The predicted molar refractivity (Wildman–Crippen MR) is 105 cm³/mol. The second-order valence-electron chi connectivity index (χ2n) is 7.08. The number of rotatable bonds is 6. The highest BCUT2D eigenvalue weighted by molar-refractivity contribution is 5.86. The lowest BCUT2D eigenvalue weighted by Gasteiger charge is -2.30. The standard InChI is InChI=1S/C20H24N2O8/c1-20(18(24)21-13-17(23)28-2)11-4-3-5-15(10-12-20)29-19(25)30-16-8-6-14(7-9-16)22(26)27/h3,5-9,15H,4,10-13H2,1-2H3,(H,21,24)/b5-3-/t15-,20+/m0/s1. The van der Waals surface area contributed by atoms with Crippen LogP contribution in [0.4, 0.5) is 10.5 Å². The Morgan fingerprint density at radius 2 is 1.93 bits per heavy atom. The fourth-order valence-electron chi connectivity index (χ4n) is 2.98. The maximum atomic E-state index is 12.5. The topological polar surface area (TPSA) is 134 Å². The minimum atomic E-state index is -0.948. The Morgan fingerprint density at radius 3 is 2.57 bits per heavy atom. The van der Waals surface area contributed by atoms with Gasteiger partial charge in [-0.1, -0.05) is 13.0 Å². The van der Waals surface area contributed by atoms with Gasteiger partial charge < -0.3 is 19.5 Å². The summed E-state index contributed by atoms with van der Waals surface area (Å²) in [6, 6.07) is 5.04. The van der Waals surface area contributed by atoms with E-state index in [-0.39, 0.29) is 23.9 Å². The number of ether oxygens (including phenoxy) is 3. The van der Waals surface area contributed by atoms with Crippen LogP contribution in [0, 0.1) is 15.5 Å². The molecule has 0 spiro atoms. The summed E-state index contributed by atoms with van der Waals surface area (Å²) in [6.45, 7) is 1.59. The zero-order chi connectivity index (χ0) is 22.1. The van der Waals surface area contributed by atoms with E-state index < -0.39 is 28.6 Å². The number of nitrogens with one attached hydrogen (secondary N) is 1. The van der Waals surface area contributed by atoms with E-state index in [2.05, 4.69) is 10.1 Å². The molecule has 0 aliphatic heterocycles. The Morgan fingerprint density at radius 1 is 1.23 bits per heavy atom. The molecule has 1 aromatic carbocycles. The minimum Gasteiger partial charge on any atom is -0.468 e. The molecule has 30 heavy (non-hydrogen) atoms. The molecule has 1 aliphatic carbocycles. The van der Waals surface area contributed by atoms with Crippen LogP contribution in [0.1, 0.15) is 32.6 Å². The number of esters is 1. The van der Waals surface area contributed by atoms with Gasteiger partial charge in [-0.3, -0.25) is 19.7 Å². The zero-order valence-electron chi connectivity index (χ0n) is 16.8. The molecule has 1 aromatic rings. The van der Waals surface area contributed by atoms with Crippen LogP contribution in [-0.2, 0) is 19.1 Å². The largest absolute Gasteiger partial charge is 0.514 e. The third-order valence-corrected chi connectivity index (χ3v) is 4.86. The van der Waals surface area contributed by atoms with Gasteiger partial charge in [0.05, 0.1) is 12.0 Å². The molecule has 1 amide bonds. The van der Waals surface area contributed by atoms with Crippen molar-refractivity contribution in [2.45, 2.75) is 38.7 Å². The normalized spacial score (nSPS) is 22.0. The van der Waals surface area contributed by atoms with Gasteiger partial charge in [-0.15, -0.1) is 0 Å². The van der Waals surface area contributed by atoms with Gasteiger partial charge in [-0.05, 0) is 43.9 Å². The van der Waals surface area contributed by atoms with Crippen LogP contribution in [0.25, 0.3) is 0 Å². The summed E-state index contributed by atoms with van der Waals surface area (Å²) in [4.78, 5) is 45.9. The quantitative estimate of drug-likeness (QED) is 0.244. The molecule has 2 rings (SSSR count). The number of hydrogen-bond acceptors (Lipinski definition) is 8. The minimum absolute atomic E-state index is 0.118. The molecule has 0 radical (unpaired) electrons. The van der Waals surface area contributed by atoms with Crippen molar-refractivity contribution in [3.63, 3.8) is 0 Å². The molecule has 0 aromatic heterocycles. The SMILES string of the molecule is COC(=O)CNC(=O)[C@]1(C)CC/C=C\[C@H](OC(=O)Oc2ccc([N+](=O)[O-])cc2)CC1. The third-order valence-electron chi connectivity index (χ3n) is 4.86. The van der Waals surface area contributed by atoms with Crippen molar-refractivity contribution in [3.8, 4) is 5.75 Å². The van der Waals surface area contributed by atoms with Crippen LogP contribution < -0.4 is 10.1 Å². The molecule has 0 heterocycles. The molecule has 1 aliphatic rings. The summed E-state index contributed by atoms with van der Waals surface area (Å²) in [5, 5.41) is 13.2. The Kier molecular flexibility index (Phi) is 7.90. The van der Waals surface area contributed by atoms with Gasteiger partial charge in [0.2, 0.25) is 5.91 Å². The Labute approximate surface area is 173 Å². The summed E-state index contributed by atoms with van der Waals surface area (Å²) in [5.74, 6) is -0.684. The lowest BCUT2D eigenvalue weighted by atomic mass is 9.78. The number of carbonyl (C=O) groups excluding carboxylic acids is 3. The Balaban J connectivity index is 1.91. The van der Waals surface area contributed by atoms with Gasteiger partial charge in [0.15, 0.2) is 0 Å². The number of nitro benzene ring substituents is 1. The van der Waals surface area contributed by atoms with Crippen LogP contribution >= 0.6 is 0 Å². The van der Waals surface area contributed by atoms with Gasteiger partial charge >= 0.3 is 12.1 Å². The summed E-state index contributed by atoms with van der Waals surface area (Å²) >= 11 is 0. The summed E-state index contributed by atoms with van der Waals surface area (Å²) in [5.41, 5.74) is -0.855. The van der Waals surface area contributed by atoms with E-state index >= 15 is 0 Å². The van der Waals surface area contributed by atoms with E-state index in [9.17, 15) is 24.5 Å². The zero-order valence-corrected chi connectivity index (χ0v) is 16.8. The molecular formula is C20H24N2O8. The fraction of sp³-hybridized carbons (Fsp3) is 0.450. The van der Waals surface area contributed by atoms with Crippen LogP contribution in [0.5, 0.6) is 5.75 Å². The van der Waals surface area contributed by atoms with Gasteiger partial charge in [0.25, 0.3) is 5.69 Å². The highest BCUT2D eigenvalue weighted by Crippen LogP contribution is 2.33. The van der Waals surface area contributed by atoms with E-state index in [4.69, 9.17) is 9.47 Å². The van der Waals surface area contributed by atoms with Crippen LogP contribution in [0.3, 0.4) is 0 Å². The van der Waals surface area contributed by atoms with E-state index in [0.29, 0.717) is 25.7 Å². The summed E-state index contributed by atoms with van der Waals surface area (Å²) in [7, 11) is 1.24. The molecular weight excluding hydrogens is 396 g/mol. The lowest BCUT2D eigenvalue weighted by Crippen LogP contribution is -2.42. The molecule has 0 saturated heterocycles. The van der Waals surface area contributed by atoms with Crippen molar-refractivity contribution in [2.24, 2.45) is 5.41 Å². The molecule has 10 nitrogen and oxygen atoms in total. The second kappa shape index (κ2) is 10.4. The number of non-ortho nitro benzene ring substituents is 1. The van der Waals surface area contributed by atoms with Gasteiger partial charge in [0, 0.05) is 17.5 Å². The van der Waals surface area contributed by atoms with Crippen molar-refractivity contribution >= 4 is 23.7 Å². The molecule has 162 valence electrons. The number of carbonyl (C=O) groups is 3. The predicted octanol–water partition coefficient (Wildman–Crippen LogP) is 2.90. The molecule has 2 atom stereocenters. The average molecular weight is 420 g/mol. The van der Waals surface area contributed by atoms with Crippen molar-refractivity contribution in [2.75, 3.05) is 13.7 Å². The van der Waals surface area contributed by atoms with Crippen molar-refractivity contribution in [1.29, 1.82) is 0 Å². The first-order chi connectivity index (χ1) is 14.2. The molecule has 1 N–H and O–H groups in total. The van der Waals surface area contributed by atoms with Gasteiger partial charge in [-0.2, -0.15) is 0 Å². The van der Waals surface area contributed by atoms with Crippen molar-refractivity contribution in [3.05, 3.63) is 46.5 Å². The highest BCUT2D eigenvalue weighted by Gasteiger charge is 2.34. The second-order valence-corrected chi connectivity index (χ2v) is 7.08. The number of hydrogen-bond donors (Lipinski definition) is 1. The maximum absolute atomic E-state index is 12.5. The molecule has 0 unspecified atom stereocenters. The lowest BCUT2D eigenvalue weighted by molar-refractivity contribution is -0.384. The highest BCUT2D eigenvalue weighted by atomic mass is 16.7. The Bertz CT molecular complexity index is 821. The number of nitro groups is 1. The number of nitrogens with zero attached hydrogens (tertiary/aromatic N) is 1. The number of benzene rings is 1. The molecule has 0 saturated carbocycles. The average Bonchev–Trinajstić information content (AvgIpc) is 2.71. The van der Waals surface area contributed by atoms with Crippen LogP contribution in [-0.4, -0.2) is 42.7 Å². The van der Waals surface area contributed by atoms with Gasteiger partial charge in [-0.25, -0.2) is 4.79 Å². The fourth-order valence-corrected chi connectivity index (χ4v) is 2.98. The first-order valence-corrected chi connectivity index (χ1v) is 9.38. The number of amides is 1. The monoisotopic (exact) mass is 420 g/mol. The molecule has 0 bridgehead atoms. The summed E-state index contributed by atoms with van der Waals surface area (Å²) < 4.78 is 14.9. The Hall–Kier alpha value is -3.43. The van der Waals surface area contributed by atoms with Crippen LogP contribution in [0.15, 0.2) is 36.4 Å². The third kappa shape index (κ3) is 6.57. The van der Waals surface area contributed by atoms with Crippen molar-refractivity contribution in [1.82, 2.24) is 5.32 Å². The van der Waals surface area contributed by atoms with E-state index in [1.807, 2.05) is 6.08 Å². The summed E-state index contributed by atoms with van der Waals surface area (Å²) in [6.07, 6.45) is 4.01. The van der Waals surface area contributed by atoms with Gasteiger partial charge in [0.1, 0.15) is 18.4 Å². The molecule has 0 fully saturated rings. The first-order valence-electron chi connectivity index (χ1n) is 9.38. The van der Waals surface area contributed by atoms with Crippen LogP contribution in [0.2, 0.25) is 0 Å².